The van der Waals surface area contributed by atoms with E-state index in [0.29, 0.717) is 16.7 Å². The minimum atomic E-state index is -0.493. The molecular weight excluding hydrogens is 699 g/mol. The number of nitrogens with zero attached hydrogens (tertiary/aromatic N) is 5. The van der Waals surface area contributed by atoms with E-state index in [9.17, 15) is 0 Å². The van der Waals surface area contributed by atoms with Crippen molar-refractivity contribution in [2.24, 2.45) is 0 Å². The summed E-state index contributed by atoms with van der Waals surface area (Å²) in [5, 5.41) is 6.11. The standard InChI is InChI=1S/C51H31N5O/c1-3-14-32(15-4-1)34-26-28-39-38-20-7-10-22-42(38)55(46(39)30-34)45-25-13-21-41-40-29-27-35(31-47(40)57-48(41)45)50-52-49(33-16-5-2-6-17-33)53-51(54-50)56-43-23-11-8-18-36(43)37-19-9-12-24-44(37)56/h1-31H/i2D,5D,6D,16D,17D. The predicted octanol–water partition coefficient (Wildman–Crippen LogP) is 13.0. The van der Waals surface area contributed by atoms with Gasteiger partial charge < -0.3 is 8.98 Å². The van der Waals surface area contributed by atoms with Gasteiger partial charge in [-0.25, -0.2) is 4.98 Å². The average Bonchev–Trinajstić information content (AvgIpc) is 3.98. The van der Waals surface area contributed by atoms with Gasteiger partial charge in [-0.15, -0.1) is 0 Å². The highest BCUT2D eigenvalue weighted by Crippen LogP contribution is 2.40. The zero-order valence-corrected chi connectivity index (χ0v) is 30.2. The van der Waals surface area contributed by atoms with Gasteiger partial charge in [0.15, 0.2) is 17.2 Å². The Bertz CT molecular complexity index is 3750. The third-order valence-corrected chi connectivity index (χ3v) is 10.9. The second-order valence-electron chi connectivity index (χ2n) is 14.1. The van der Waals surface area contributed by atoms with Crippen LogP contribution in [0, 0.1) is 0 Å². The summed E-state index contributed by atoms with van der Waals surface area (Å²) in [6, 6.07) is 51.1. The lowest BCUT2D eigenvalue weighted by Crippen LogP contribution is -2.06. The Morgan fingerprint density at radius 3 is 1.70 bits per heavy atom. The summed E-state index contributed by atoms with van der Waals surface area (Å²) in [4.78, 5) is 14.8. The van der Waals surface area contributed by atoms with Crippen LogP contribution in [0.4, 0.5) is 0 Å². The quantitative estimate of drug-likeness (QED) is 0.177. The summed E-state index contributed by atoms with van der Waals surface area (Å²) in [6.07, 6.45) is 0. The molecule has 4 heterocycles. The van der Waals surface area contributed by atoms with Gasteiger partial charge in [0.25, 0.3) is 0 Å². The molecule has 0 spiro atoms. The zero-order valence-electron chi connectivity index (χ0n) is 35.2. The molecule has 57 heavy (non-hydrogen) atoms. The number of hydrogen-bond donors (Lipinski definition) is 0. The minimum absolute atomic E-state index is 0.0444. The Morgan fingerprint density at radius 1 is 0.404 bits per heavy atom. The number of fused-ring (bicyclic) bond motifs is 9. The molecule has 0 atom stereocenters. The molecule has 12 aromatic rings. The maximum Gasteiger partial charge on any atom is 0.238 e. The topological polar surface area (TPSA) is 61.7 Å². The van der Waals surface area contributed by atoms with E-state index in [4.69, 9.17) is 26.2 Å². The van der Waals surface area contributed by atoms with Crippen molar-refractivity contribution in [2.75, 3.05) is 0 Å². The number of rotatable bonds is 5. The molecule has 0 radical (unpaired) electrons. The lowest BCUT2D eigenvalue weighted by atomic mass is 10.0. The van der Waals surface area contributed by atoms with Crippen molar-refractivity contribution in [3.05, 3.63) is 188 Å². The van der Waals surface area contributed by atoms with Gasteiger partial charge in [-0.3, -0.25) is 4.57 Å². The van der Waals surface area contributed by atoms with Crippen LogP contribution >= 0.6 is 0 Å². The maximum atomic E-state index is 8.86. The number of furan rings is 1. The summed E-state index contributed by atoms with van der Waals surface area (Å²) in [5.41, 5.74) is 8.77. The van der Waals surface area contributed by atoms with Crippen molar-refractivity contribution < 1.29 is 11.3 Å². The fraction of sp³-hybridized carbons (Fsp3) is 0. The van der Waals surface area contributed by atoms with E-state index in [1.807, 2.05) is 77.4 Å². The first-order chi connectivity index (χ1) is 30.3. The van der Waals surface area contributed by atoms with Crippen molar-refractivity contribution >= 4 is 65.6 Å². The van der Waals surface area contributed by atoms with E-state index in [1.54, 1.807) is 0 Å². The molecule has 0 aliphatic heterocycles. The van der Waals surface area contributed by atoms with Gasteiger partial charge in [0.1, 0.15) is 5.58 Å². The van der Waals surface area contributed by atoms with Crippen LogP contribution in [0.15, 0.2) is 192 Å². The lowest BCUT2D eigenvalue weighted by Gasteiger charge is -2.10. The molecule has 266 valence electrons. The fourth-order valence-electron chi connectivity index (χ4n) is 8.34. The molecule has 4 aromatic heterocycles. The molecular formula is C51H31N5O. The summed E-state index contributed by atoms with van der Waals surface area (Å²) >= 11 is 0. The highest BCUT2D eigenvalue weighted by molar-refractivity contribution is 6.14. The van der Waals surface area contributed by atoms with E-state index in [1.165, 1.54) is 0 Å². The van der Waals surface area contributed by atoms with Gasteiger partial charge >= 0.3 is 0 Å². The summed E-state index contributed by atoms with van der Waals surface area (Å²) in [6.45, 7) is 0. The molecule has 0 saturated heterocycles. The van der Waals surface area contributed by atoms with Gasteiger partial charge in [0.05, 0.1) is 34.6 Å². The van der Waals surface area contributed by atoms with Crippen molar-refractivity contribution in [3.8, 4) is 45.5 Å². The summed E-state index contributed by atoms with van der Waals surface area (Å²) in [5.74, 6) is 0.441. The van der Waals surface area contributed by atoms with Crippen LogP contribution in [-0.2, 0) is 0 Å². The summed E-state index contributed by atoms with van der Waals surface area (Å²) < 4.78 is 54.0. The van der Waals surface area contributed by atoms with Crippen LogP contribution in [0.1, 0.15) is 6.85 Å². The second-order valence-corrected chi connectivity index (χ2v) is 14.1. The van der Waals surface area contributed by atoms with Crippen LogP contribution in [0.2, 0.25) is 0 Å². The number of para-hydroxylation sites is 4. The molecule has 12 rings (SSSR count). The van der Waals surface area contributed by atoms with Crippen molar-refractivity contribution in [1.29, 1.82) is 0 Å². The molecule has 0 unspecified atom stereocenters. The van der Waals surface area contributed by atoms with E-state index in [2.05, 4.69) is 89.5 Å². The average molecular weight is 735 g/mol. The lowest BCUT2D eigenvalue weighted by molar-refractivity contribution is 0.666. The van der Waals surface area contributed by atoms with Crippen LogP contribution in [0.3, 0.4) is 0 Å². The molecule has 0 aliphatic rings. The van der Waals surface area contributed by atoms with Gasteiger partial charge in [-0.2, -0.15) is 9.97 Å². The van der Waals surface area contributed by atoms with E-state index in [-0.39, 0.29) is 23.2 Å². The normalized spacial score (nSPS) is 13.1. The third kappa shape index (κ3) is 4.87. The smallest absolute Gasteiger partial charge is 0.238 e. The number of benzene rings is 8. The number of aromatic nitrogens is 5. The first-order valence-corrected chi connectivity index (χ1v) is 18.7. The van der Waals surface area contributed by atoms with Crippen LogP contribution in [0.5, 0.6) is 0 Å². The van der Waals surface area contributed by atoms with Crippen LogP contribution in [0.25, 0.3) is 111 Å². The Labute approximate surface area is 333 Å². The van der Waals surface area contributed by atoms with E-state index in [0.717, 1.165) is 71.2 Å². The molecule has 0 amide bonds. The first kappa shape index (κ1) is 26.9. The Hall–Kier alpha value is -7.83. The monoisotopic (exact) mass is 734 g/mol. The molecule has 0 aliphatic carbocycles. The zero-order chi connectivity index (χ0) is 41.8. The summed E-state index contributed by atoms with van der Waals surface area (Å²) in [7, 11) is 0. The molecule has 0 saturated carbocycles. The first-order valence-electron chi connectivity index (χ1n) is 21.2. The van der Waals surface area contributed by atoms with Crippen LogP contribution < -0.4 is 0 Å². The Morgan fingerprint density at radius 2 is 0.982 bits per heavy atom. The molecule has 0 bridgehead atoms. The van der Waals surface area contributed by atoms with Crippen molar-refractivity contribution in [1.82, 2.24) is 24.1 Å². The molecule has 0 fully saturated rings. The second kappa shape index (κ2) is 12.3. The van der Waals surface area contributed by atoms with E-state index >= 15 is 0 Å². The maximum absolute atomic E-state index is 8.86. The van der Waals surface area contributed by atoms with E-state index < -0.39 is 30.2 Å². The van der Waals surface area contributed by atoms with Crippen molar-refractivity contribution in [3.63, 3.8) is 0 Å². The highest BCUT2D eigenvalue weighted by Gasteiger charge is 2.21. The van der Waals surface area contributed by atoms with Gasteiger partial charge in [-0.1, -0.05) is 145 Å². The largest absolute Gasteiger partial charge is 0.454 e. The minimum Gasteiger partial charge on any atom is -0.454 e. The Balaban J connectivity index is 1.09. The Kier molecular flexibility index (Phi) is 5.82. The third-order valence-electron chi connectivity index (χ3n) is 10.9. The predicted molar refractivity (Wildman–Crippen MR) is 232 cm³/mol. The van der Waals surface area contributed by atoms with Gasteiger partial charge in [-0.05, 0) is 53.6 Å². The highest BCUT2D eigenvalue weighted by atomic mass is 16.3. The van der Waals surface area contributed by atoms with Crippen LogP contribution in [-0.4, -0.2) is 24.1 Å². The number of hydrogen-bond acceptors (Lipinski definition) is 4. The van der Waals surface area contributed by atoms with Gasteiger partial charge in [0, 0.05) is 43.4 Å². The fourth-order valence-corrected chi connectivity index (χ4v) is 8.34. The molecule has 0 N–H and O–H groups in total. The van der Waals surface area contributed by atoms with Gasteiger partial charge in [0.2, 0.25) is 5.95 Å². The molecule has 6 heteroatoms. The molecule has 6 nitrogen and oxygen atoms in total. The van der Waals surface area contributed by atoms with Crippen molar-refractivity contribution in [2.45, 2.75) is 0 Å². The SMILES string of the molecule is [2H]c1c([2H])c([2H])c(-c2nc(-c3ccc4c(c3)oc3c(-n5c6ccccc6c6ccc(-c7ccccc7)cc65)cccc34)nc(-n3c4ccccc4c4ccccc43)n2)c([2H])c1[2H]. The molecule has 8 aromatic carbocycles.